The summed E-state index contributed by atoms with van der Waals surface area (Å²) in [4.78, 5) is 11.4. The molecular formula is C16H13FN6. The van der Waals surface area contributed by atoms with Gasteiger partial charge < -0.3 is 10.7 Å². The van der Waals surface area contributed by atoms with E-state index >= 15 is 0 Å². The van der Waals surface area contributed by atoms with Gasteiger partial charge in [-0.2, -0.15) is 0 Å². The zero-order chi connectivity index (χ0) is 15.6. The standard InChI is InChI=1S/C16H13FN6/c17-10-4-11-12(6-20-15(11)19-5-10)16-21-14(18)13-3-9(8-1-2-8)7-23(13)22-16/h3-8H,1-2H2,(H,19,20)(H2,18,21,22). The Morgan fingerprint density at radius 2 is 2.17 bits per heavy atom. The molecule has 1 aliphatic rings. The number of hydrogen-bond donors (Lipinski definition) is 2. The molecule has 0 unspecified atom stereocenters. The maximum atomic E-state index is 13.5. The molecule has 6 nitrogen and oxygen atoms in total. The van der Waals surface area contributed by atoms with E-state index in [2.05, 4.69) is 20.1 Å². The number of hydrogen-bond acceptors (Lipinski definition) is 4. The largest absolute Gasteiger partial charge is 0.382 e. The molecule has 7 heteroatoms. The first-order valence-corrected chi connectivity index (χ1v) is 7.48. The van der Waals surface area contributed by atoms with Gasteiger partial charge in [0.05, 0.1) is 6.20 Å². The van der Waals surface area contributed by atoms with E-state index in [4.69, 9.17) is 5.73 Å². The number of aromatic nitrogens is 5. The lowest BCUT2D eigenvalue weighted by Crippen LogP contribution is -2.02. The van der Waals surface area contributed by atoms with Gasteiger partial charge in [-0.15, -0.1) is 5.10 Å². The van der Waals surface area contributed by atoms with Gasteiger partial charge in [-0.25, -0.2) is 18.9 Å². The first kappa shape index (κ1) is 12.6. The van der Waals surface area contributed by atoms with Gasteiger partial charge in [-0.1, -0.05) is 0 Å². The first-order chi connectivity index (χ1) is 11.2. The van der Waals surface area contributed by atoms with Crippen molar-refractivity contribution in [2.24, 2.45) is 0 Å². The summed E-state index contributed by atoms with van der Waals surface area (Å²) >= 11 is 0. The second kappa shape index (κ2) is 4.28. The Bertz CT molecular complexity index is 1060. The lowest BCUT2D eigenvalue weighted by molar-refractivity contribution is 0.624. The quantitative estimate of drug-likeness (QED) is 0.596. The topological polar surface area (TPSA) is 84.9 Å². The average Bonchev–Trinajstić information content (AvgIpc) is 3.15. The van der Waals surface area contributed by atoms with Crippen LogP contribution in [0.4, 0.5) is 10.2 Å². The van der Waals surface area contributed by atoms with Crippen molar-refractivity contribution in [2.45, 2.75) is 18.8 Å². The third-order valence-corrected chi connectivity index (χ3v) is 4.30. The second-order valence-corrected chi connectivity index (χ2v) is 5.95. The summed E-state index contributed by atoms with van der Waals surface area (Å²) in [6.07, 6.45) is 7.33. The summed E-state index contributed by atoms with van der Waals surface area (Å²) < 4.78 is 15.3. The van der Waals surface area contributed by atoms with Gasteiger partial charge in [0, 0.05) is 23.3 Å². The minimum atomic E-state index is -0.399. The van der Waals surface area contributed by atoms with E-state index in [1.165, 1.54) is 30.7 Å². The second-order valence-electron chi connectivity index (χ2n) is 5.95. The number of nitrogen functional groups attached to an aromatic ring is 1. The zero-order valence-corrected chi connectivity index (χ0v) is 12.1. The van der Waals surface area contributed by atoms with Gasteiger partial charge in [-0.05, 0) is 36.5 Å². The minimum Gasteiger partial charge on any atom is -0.382 e. The number of fused-ring (bicyclic) bond motifs is 2. The molecule has 0 spiro atoms. The monoisotopic (exact) mass is 308 g/mol. The maximum Gasteiger partial charge on any atom is 0.184 e. The molecular weight excluding hydrogens is 295 g/mol. The number of halogens is 1. The van der Waals surface area contributed by atoms with Gasteiger partial charge in [0.2, 0.25) is 0 Å². The van der Waals surface area contributed by atoms with E-state index in [0.29, 0.717) is 34.2 Å². The maximum absolute atomic E-state index is 13.5. The number of H-pyrrole nitrogens is 1. The lowest BCUT2D eigenvalue weighted by atomic mass is 10.2. The molecule has 1 fully saturated rings. The molecule has 4 heterocycles. The molecule has 0 atom stereocenters. The summed E-state index contributed by atoms with van der Waals surface area (Å²) in [6.45, 7) is 0. The van der Waals surface area contributed by atoms with Crippen molar-refractivity contribution in [3.05, 3.63) is 42.1 Å². The molecule has 0 aromatic carbocycles. The molecule has 3 N–H and O–H groups in total. The highest BCUT2D eigenvalue weighted by Crippen LogP contribution is 2.41. The fourth-order valence-corrected chi connectivity index (χ4v) is 2.96. The zero-order valence-electron chi connectivity index (χ0n) is 12.1. The van der Waals surface area contributed by atoms with E-state index in [-0.39, 0.29) is 0 Å². The molecule has 4 aromatic heterocycles. The number of nitrogens with two attached hydrogens (primary N) is 1. The summed E-state index contributed by atoms with van der Waals surface area (Å²) in [5, 5.41) is 5.18. The van der Waals surface area contributed by atoms with Crippen LogP contribution in [0.3, 0.4) is 0 Å². The van der Waals surface area contributed by atoms with Crippen LogP contribution in [0.15, 0.2) is 30.7 Å². The highest BCUT2D eigenvalue weighted by atomic mass is 19.1. The molecule has 5 rings (SSSR count). The van der Waals surface area contributed by atoms with Crippen molar-refractivity contribution in [2.75, 3.05) is 5.73 Å². The normalized spacial score (nSPS) is 14.8. The van der Waals surface area contributed by atoms with Gasteiger partial charge in [0.1, 0.15) is 17.0 Å². The van der Waals surface area contributed by atoms with E-state index in [9.17, 15) is 4.39 Å². The third kappa shape index (κ3) is 1.89. The van der Waals surface area contributed by atoms with Crippen molar-refractivity contribution in [1.29, 1.82) is 0 Å². The minimum absolute atomic E-state index is 0.399. The van der Waals surface area contributed by atoms with E-state index in [0.717, 1.165) is 5.52 Å². The van der Waals surface area contributed by atoms with Crippen LogP contribution in [-0.2, 0) is 0 Å². The Morgan fingerprint density at radius 3 is 3.00 bits per heavy atom. The Labute approximate surface area is 130 Å². The van der Waals surface area contributed by atoms with Crippen LogP contribution in [0.1, 0.15) is 24.3 Å². The molecule has 1 saturated carbocycles. The van der Waals surface area contributed by atoms with Gasteiger partial charge in [0.25, 0.3) is 0 Å². The van der Waals surface area contributed by atoms with Crippen LogP contribution in [0.2, 0.25) is 0 Å². The van der Waals surface area contributed by atoms with Crippen molar-refractivity contribution in [1.82, 2.24) is 24.6 Å². The smallest absolute Gasteiger partial charge is 0.184 e. The number of anilines is 1. The van der Waals surface area contributed by atoms with E-state index < -0.39 is 5.82 Å². The Kier molecular flexibility index (Phi) is 2.34. The average molecular weight is 308 g/mol. The lowest BCUT2D eigenvalue weighted by Gasteiger charge is -2.02. The van der Waals surface area contributed by atoms with Gasteiger partial charge in [0.15, 0.2) is 11.6 Å². The number of rotatable bonds is 2. The molecule has 0 amide bonds. The molecule has 0 bridgehead atoms. The van der Waals surface area contributed by atoms with Crippen molar-refractivity contribution in [3.63, 3.8) is 0 Å². The number of pyridine rings is 1. The van der Waals surface area contributed by atoms with Crippen LogP contribution >= 0.6 is 0 Å². The summed E-state index contributed by atoms with van der Waals surface area (Å²) in [5.74, 6) is 1.09. The fraction of sp³-hybridized carbons (Fsp3) is 0.188. The molecule has 23 heavy (non-hydrogen) atoms. The Hall–Kier alpha value is -2.96. The molecule has 0 radical (unpaired) electrons. The molecule has 1 aliphatic carbocycles. The third-order valence-electron chi connectivity index (χ3n) is 4.30. The molecule has 0 saturated heterocycles. The summed E-state index contributed by atoms with van der Waals surface area (Å²) in [7, 11) is 0. The Morgan fingerprint density at radius 1 is 1.30 bits per heavy atom. The summed E-state index contributed by atoms with van der Waals surface area (Å²) in [5.41, 5.74) is 9.42. The SMILES string of the molecule is Nc1nc(-c2c[nH]c3ncc(F)cc23)nn2cc(C3CC3)cc12. The molecule has 114 valence electrons. The van der Waals surface area contributed by atoms with Gasteiger partial charge in [-0.3, -0.25) is 0 Å². The Balaban J connectivity index is 1.73. The fourth-order valence-electron chi connectivity index (χ4n) is 2.96. The van der Waals surface area contributed by atoms with Crippen LogP contribution in [-0.4, -0.2) is 24.6 Å². The van der Waals surface area contributed by atoms with Crippen LogP contribution in [0, 0.1) is 5.82 Å². The van der Waals surface area contributed by atoms with Crippen LogP contribution in [0.25, 0.3) is 27.9 Å². The van der Waals surface area contributed by atoms with Crippen molar-refractivity contribution >= 4 is 22.4 Å². The number of nitrogens with one attached hydrogen (secondary N) is 1. The predicted octanol–water partition coefficient (Wildman–Crippen LogP) is 2.87. The molecule has 0 aliphatic heterocycles. The van der Waals surface area contributed by atoms with Crippen LogP contribution < -0.4 is 5.73 Å². The van der Waals surface area contributed by atoms with Crippen molar-refractivity contribution < 1.29 is 4.39 Å². The van der Waals surface area contributed by atoms with E-state index in [1.54, 1.807) is 10.7 Å². The van der Waals surface area contributed by atoms with Crippen molar-refractivity contribution in [3.8, 4) is 11.4 Å². The predicted molar refractivity (Wildman–Crippen MR) is 84.4 cm³/mol. The highest BCUT2D eigenvalue weighted by Gasteiger charge is 2.25. The van der Waals surface area contributed by atoms with Crippen LogP contribution in [0.5, 0.6) is 0 Å². The summed E-state index contributed by atoms with van der Waals surface area (Å²) in [6, 6.07) is 3.47. The van der Waals surface area contributed by atoms with Gasteiger partial charge >= 0.3 is 0 Å². The first-order valence-electron chi connectivity index (χ1n) is 7.48. The highest BCUT2D eigenvalue weighted by molar-refractivity contribution is 5.91. The number of aromatic amines is 1. The van der Waals surface area contributed by atoms with E-state index in [1.807, 2.05) is 12.3 Å². The molecule has 4 aromatic rings. The number of nitrogens with zero attached hydrogens (tertiary/aromatic N) is 4.